The molecule has 1 aromatic heterocycles. The molecule has 23 heavy (non-hydrogen) atoms. The highest BCUT2D eigenvalue weighted by atomic mass is 35.5. The lowest BCUT2D eigenvalue weighted by molar-refractivity contribution is 0.586. The minimum absolute atomic E-state index is 0.144. The number of nitrogens with zero attached hydrogens (tertiary/aromatic N) is 2. The Balaban J connectivity index is 1.77. The van der Waals surface area contributed by atoms with Crippen LogP contribution in [0.4, 0.5) is 0 Å². The summed E-state index contributed by atoms with van der Waals surface area (Å²) >= 11 is 22.8. The minimum atomic E-state index is 0.144. The van der Waals surface area contributed by atoms with Gasteiger partial charge in [-0.1, -0.05) is 34.8 Å². The van der Waals surface area contributed by atoms with Gasteiger partial charge in [0.25, 0.3) is 0 Å². The Labute approximate surface area is 160 Å². The highest BCUT2D eigenvalue weighted by molar-refractivity contribution is 8.18. The van der Waals surface area contributed by atoms with Crippen LogP contribution in [-0.2, 0) is 13.0 Å². The first-order chi connectivity index (χ1) is 11.1. The van der Waals surface area contributed by atoms with Crippen LogP contribution >= 0.6 is 58.3 Å². The normalized spacial score (nSPS) is 17.3. The Hall–Kier alpha value is -0.000000000000000167. The van der Waals surface area contributed by atoms with Gasteiger partial charge in [-0.2, -0.15) is 0 Å². The zero-order valence-corrected chi connectivity index (χ0v) is 16.4. The van der Waals surface area contributed by atoms with E-state index >= 15 is 0 Å². The monoisotopic (exact) mass is 406 g/mol. The van der Waals surface area contributed by atoms with E-state index in [0.717, 1.165) is 24.9 Å². The van der Waals surface area contributed by atoms with Crippen LogP contribution in [0.1, 0.15) is 18.4 Å². The molecule has 2 heterocycles. The molecule has 0 radical (unpaired) electrons. The largest absolute Gasteiger partial charge is 0.335 e. The molecule has 0 bridgehead atoms. The maximum Gasteiger partial charge on any atom is 0.0946 e. The van der Waals surface area contributed by atoms with Crippen molar-refractivity contribution >= 4 is 58.3 Å². The van der Waals surface area contributed by atoms with Gasteiger partial charge in [-0.05, 0) is 48.5 Å². The Kier molecular flexibility index (Phi) is 6.13. The van der Waals surface area contributed by atoms with E-state index in [0.29, 0.717) is 15.1 Å². The molecule has 0 N–H and O–H groups in total. The fraction of sp³-hybridized carbons (Fsp3) is 0.438. The number of thioether (sulfide) groups is 2. The Bertz CT molecular complexity index is 632. The average Bonchev–Trinajstić information content (AvgIpc) is 2.99. The number of benzene rings is 1. The summed E-state index contributed by atoms with van der Waals surface area (Å²) in [7, 11) is 0. The summed E-state index contributed by atoms with van der Waals surface area (Å²) in [4.78, 5) is 4.16. The van der Waals surface area contributed by atoms with Gasteiger partial charge in [0, 0.05) is 34.0 Å². The molecule has 1 fully saturated rings. The van der Waals surface area contributed by atoms with E-state index in [2.05, 4.69) is 9.55 Å². The summed E-state index contributed by atoms with van der Waals surface area (Å²) in [6.07, 6.45) is 8.88. The van der Waals surface area contributed by atoms with Crippen LogP contribution in [0.3, 0.4) is 0 Å². The molecule has 7 heteroatoms. The first-order valence-corrected chi connectivity index (χ1v) is 10.6. The number of halogens is 3. The third-order valence-electron chi connectivity index (χ3n) is 3.86. The van der Waals surface area contributed by atoms with Crippen molar-refractivity contribution in [3.63, 3.8) is 0 Å². The predicted octanol–water partition coefficient (Wildman–Crippen LogP) is 6.04. The van der Waals surface area contributed by atoms with Crippen LogP contribution in [0.15, 0.2) is 30.9 Å². The lowest BCUT2D eigenvalue weighted by Gasteiger charge is -2.36. The molecule has 0 atom stereocenters. The molecule has 2 aromatic rings. The lowest BCUT2D eigenvalue weighted by Crippen LogP contribution is -2.31. The second-order valence-electron chi connectivity index (χ2n) is 5.54. The Morgan fingerprint density at radius 1 is 1.13 bits per heavy atom. The molecule has 2 nitrogen and oxygen atoms in total. The molecule has 3 rings (SSSR count). The van der Waals surface area contributed by atoms with Crippen molar-refractivity contribution in [2.45, 2.75) is 29.9 Å². The first kappa shape index (κ1) is 17.8. The number of rotatable bonds is 5. The second-order valence-corrected chi connectivity index (χ2v) is 10.0. The van der Waals surface area contributed by atoms with Crippen molar-refractivity contribution in [1.82, 2.24) is 9.55 Å². The summed E-state index contributed by atoms with van der Waals surface area (Å²) in [6.45, 7) is 0.950. The Morgan fingerprint density at radius 3 is 2.43 bits per heavy atom. The molecule has 1 aliphatic rings. The average molecular weight is 408 g/mol. The summed E-state index contributed by atoms with van der Waals surface area (Å²) in [5, 5.41) is 1.90. The second kappa shape index (κ2) is 7.92. The molecule has 0 amide bonds. The fourth-order valence-electron chi connectivity index (χ4n) is 2.72. The van der Waals surface area contributed by atoms with Crippen molar-refractivity contribution in [1.29, 1.82) is 0 Å². The molecule has 0 unspecified atom stereocenters. The van der Waals surface area contributed by atoms with Gasteiger partial charge in [0.05, 0.1) is 10.4 Å². The van der Waals surface area contributed by atoms with E-state index in [1.54, 1.807) is 12.1 Å². The highest BCUT2D eigenvalue weighted by Crippen LogP contribution is 2.47. The van der Waals surface area contributed by atoms with Crippen LogP contribution in [0.2, 0.25) is 15.1 Å². The van der Waals surface area contributed by atoms with Gasteiger partial charge >= 0.3 is 0 Å². The van der Waals surface area contributed by atoms with E-state index in [4.69, 9.17) is 34.8 Å². The van der Waals surface area contributed by atoms with Crippen LogP contribution in [0.5, 0.6) is 0 Å². The quantitative estimate of drug-likeness (QED) is 0.601. The number of hydrogen-bond acceptors (Lipinski definition) is 3. The van der Waals surface area contributed by atoms with E-state index in [1.807, 2.05) is 42.2 Å². The minimum Gasteiger partial charge on any atom is -0.335 e. The maximum absolute atomic E-state index is 6.34. The zero-order valence-electron chi connectivity index (χ0n) is 12.5. The molecule has 1 aliphatic heterocycles. The fourth-order valence-corrected chi connectivity index (χ4v) is 7.03. The van der Waals surface area contributed by atoms with E-state index in [-0.39, 0.29) is 4.08 Å². The molecule has 0 saturated carbocycles. The third kappa shape index (κ3) is 4.55. The smallest absolute Gasteiger partial charge is 0.0946 e. The van der Waals surface area contributed by atoms with Crippen molar-refractivity contribution < 1.29 is 0 Å². The maximum atomic E-state index is 6.34. The molecule has 1 saturated heterocycles. The third-order valence-corrected chi connectivity index (χ3v) is 8.17. The van der Waals surface area contributed by atoms with Gasteiger partial charge in [-0.3, -0.25) is 0 Å². The van der Waals surface area contributed by atoms with Gasteiger partial charge < -0.3 is 4.57 Å². The molecule has 124 valence electrons. The van der Waals surface area contributed by atoms with E-state index < -0.39 is 0 Å². The van der Waals surface area contributed by atoms with Crippen LogP contribution in [-0.4, -0.2) is 25.1 Å². The number of aromatic nitrogens is 2. The SMILES string of the molecule is Clc1cc(Cl)c(CCC2(Cn3ccnc3)SCCCS2)c(Cl)c1. The van der Waals surface area contributed by atoms with Crippen LogP contribution in [0.25, 0.3) is 0 Å². The van der Waals surface area contributed by atoms with Gasteiger partial charge in [-0.25, -0.2) is 4.98 Å². The van der Waals surface area contributed by atoms with Crippen molar-refractivity contribution in [3.8, 4) is 0 Å². The summed E-state index contributed by atoms with van der Waals surface area (Å²) < 4.78 is 2.31. The molecule has 0 spiro atoms. The first-order valence-electron chi connectivity index (χ1n) is 7.45. The van der Waals surface area contributed by atoms with Gasteiger partial charge in [-0.15, -0.1) is 23.5 Å². The molecular weight excluding hydrogens is 391 g/mol. The highest BCUT2D eigenvalue weighted by Gasteiger charge is 2.34. The number of imidazole rings is 1. The van der Waals surface area contributed by atoms with E-state index in [9.17, 15) is 0 Å². The lowest BCUT2D eigenvalue weighted by atomic mass is 10.1. The topological polar surface area (TPSA) is 17.8 Å². The van der Waals surface area contributed by atoms with E-state index in [1.165, 1.54) is 17.9 Å². The van der Waals surface area contributed by atoms with Crippen LogP contribution < -0.4 is 0 Å². The standard InChI is InChI=1S/C16H17Cl3N2S2/c17-12-8-14(18)13(15(19)9-12)2-3-16(22-6-1-7-23-16)10-21-5-4-20-11-21/h4-5,8-9,11H,1-3,6-7,10H2. The van der Waals surface area contributed by atoms with Gasteiger partial charge in [0.2, 0.25) is 0 Å². The van der Waals surface area contributed by atoms with Crippen molar-refractivity contribution in [3.05, 3.63) is 51.5 Å². The Morgan fingerprint density at radius 2 is 1.83 bits per heavy atom. The van der Waals surface area contributed by atoms with Gasteiger partial charge in [0.1, 0.15) is 0 Å². The van der Waals surface area contributed by atoms with Gasteiger partial charge in [0.15, 0.2) is 0 Å². The zero-order chi connectivity index (χ0) is 16.3. The molecule has 1 aromatic carbocycles. The summed E-state index contributed by atoms with van der Waals surface area (Å²) in [5.41, 5.74) is 0.995. The summed E-state index contributed by atoms with van der Waals surface area (Å²) in [5.74, 6) is 2.40. The summed E-state index contributed by atoms with van der Waals surface area (Å²) in [6, 6.07) is 3.54. The van der Waals surface area contributed by atoms with Crippen molar-refractivity contribution in [2.75, 3.05) is 11.5 Å². The molecular formula is C16H17Cl3N2S2. The van der Waals surface area contributed by atoms with Crippen LogP contribution in [0, 0.1) is 0 Å². The van der Waals surface area contributed by atoms with Crippen molar-refractivity contribution in [2.24, 2.45) is 0 Å². The number of hydrogen-bond donors (Lipinski definition) is 0. The predicted molar refractivity (Wildman–Crippen MR) is 104 cm³/mol. The molecule has 0 aliphatic carbocycles.